The molecule has 0 aromatic heterocycles. The van der Waals surface area contributed by atoms with E-state index in [9.17, 15) is 10.2 Å². The van der Waals surface area contributed by atoms with Gasteiger partial charge in [0.05, 0.1) is 0 Å². The van der Waals surface area contributed by atoms with Crippen LogP contribution in [0.1, 0.15) is 44.5 Å². The van der Waals surface area contributed by atoms with E-state index in [1.807, 2.05) is 133 Å². The molecule has 1 heterocycles. The first-order valence-corrected chi connectivity index (χ1v) is 17.0. The highest BCUT2D eigenvalue weighted by molar-refractivity contribution is 5.50. The second kappa shape index (κ2) is 15.6. The third-order valence-electron chi connectivity index (χ3n) is 9.02. The molecule has 50 heavy (non-hydrogen) atoms. The van der Waals surface area contributed by atoms with Crippen LogP contribution >= 0.6 is 0 Å². The van der Waals surface area contributed by atoms with Gasteiger partial charge in [0.25, 0.3) is 0 Å². The number of ether oxygens (including phenoxy) is 4. The zero-order valence-corrected chi connectivity index (χ0v) is 27.9. The van der Waals surface area contributed by atoms with E-state index in [0.29, 0.717) is 52.1 Å². The van der Waals surface area contributed by atoms with Gasteiger partial charge in [-0.05, 0) is 68.8 Å². The summed E-state index contributed by atoms with van der Waals surface area (Å²) in [6, 6.07) is 43.4. The normalized spacial score (nSPS) is 13.8. The number of benzene rings is 6. The molecule has 0 aliphatic carbocycles. The number of phenols is 2. The Hall–Kier alpha value is -5.88. The number of para-hydroxylation sites is 6. The number of aromatic hydroxyl groups is 2. The molecule has 0 saturated carbocycles. The molecule has 0 atom stereocenters. The van der Waals surface area contributed by atoms with E-state index in [1.54, 1.807) is 0 Å². The van der Waals surface area contributed by atoms with Crippen molar-refractivity contribution in [2.45, 2.75) is 25.7 Å². The van der Waals surface area contributed by atoms with Gasteiger partial charge in [0, 0.05) is 25.7 Å². The van der Waals surface area contributed by atoms with Crippen LogP contribution in [-0.4, -0.2) is 36.6 Å². The van der Waals surface area contributed by atoms with Crippen molar-refractivity contribution in [2.24, 2.45) is 0 Å². The zero-order chi connectivity index (χ0) is 34.1. The van der Waals surface area contributed by atoms with E-state index in [4.69, 9.17) is 18.9 Å². The number of phenolic OH excluding ortho intramolecular Hbond substituents is 2. The maximum absolute atomic E-state index is 11.4. The highest BCUT2D eigenvalue weighted by Crippen LogP contribution is 2.34. The minimum absolute atomic E-state index is 0.273. The molecular weight excluding hydrogens is 624 g/mol. The average molecular weight is 665 g/mol. The Bertz CT molecular complexity index is 1780. The molecule has 252 valence electrons. The average Bonchev–Trinajstić information content (AvgIpc) is 3.14. The highest BCUT2D eigenvalue weighted by Gasteiger charge is 2.16. The monoisotopic (exact) mass is 664 g/mol. The molecule has 1 aliphatic heterocycles. The van der Waals surface area contributed by atoms with E-state index in [1.165, 1.54) is 0 Å². The Balaban J connectivity index is 1.19. The lowest BCUT2D eigenvalue weighted by Crippen LogP contribution is -2.11. The largest absolute Gasteiger partial charge is 0.507 e. The predicted molar refractivity (Wildman–Crippen MR) is 195 cm³/mol. The SMILES string of the molecule is Oc1c2cccc1Cc1ccccc1OCCOc1ccccc1Cc1cccc(c1O)Cc1ccccc1OCCOc1ccccc1C2. The molecule has 6 aromatic carbocycles. The minimum atomic E-state index is 0.273. The van der Waals surface area contributed by atoms with Crippen LogP contribution in [0.5, 0.6) is 34.5 Å². The fourth-order valence-corrected chi connectivity index (χ4v) is 6.45. The van der Waals surface area contributed by atoms with Crippen LogP contribution in [0.25, 0.3) is 0 Å². The van der Waals surface area contributed by atoms with E-state index in [-0.39, 0.29) is 11.5 Å². The molecule has 0 spiro atoms. The van der Waals surface area contributed by atoms with Crippen LogP contribution in [0.2, 0.25) is 0 Å². The molecule has 4 bridgehead atoms. The number of hydrogen-bond donors (Lipinski definition) is 2. The molecule has 6 aromatic rings. The standard InChI is InChI=1S/C44H40O6/c45-43-35-15-9-16-36(43)28-32-12-2-7-21-41(32)49-25-26-50-42-22-8-4-14-34(42)30-38-18-10-17-37(44(38)46)29-33-13-3-6-20-40(33)48-24-23-47-39-19-5-1-11-31(39)27-35/h1-22,45-46H,23-30H2. The summed E-state index contributed by atoms with van der Waals surface area (Å²) in [6.45, 7) is 1.37. The highest BCUT2D eigenvalue weighted by atomic mass is 16.5. The Morgan fingerprint density at radius 3 is 0.760 bits per heavy atom. The van der Waals surface area contributed by atoms with Gasteiger partial charge in [-0.2, -0.15) is 0 Å². The molecule has 0 fully saturated rings. The van der Waals surface area contributed by atoms with Crippen molar-refractivity contribution >= 4 is 0 Å². The van der Waals surface area contributed by atoms with Gasteiger partial charge >= 0.3 is 0 Å². The van der Waals surface area contributed by atoms with Gasteiger partial charge in [0.1, 0.15) is 60.9 Å². The predicted octanol–water partition coefficient (Wildman–Crippen LogP) is 8.69. The van der Waals surface area contributed by atoms with Gasteiger partial charge < -0.3 is 29.2 Å². The van der Waals surface area contributed by atoms with Crippen LogP contribution in [0, 0.1) is 0 Å². The topological polar surface area (TPSA) is 77.4 Å². The quantitative estimate of drug-likeness (QED) is 0.169. The molecular formula is C44H40O6. The lowest BCUT2D eigenvalue weighted by atomic mass is 9.97. The van der Waals surface area contributed by atoms with Crippen molar-refractivity contribution in [2.75, 3.05) is 26.4 Å². The molecule has 0 saturated heterocycles. The molecule has 0 radical (unpaired) electrons. The first-order valence-electron chi connectivity index (χ1n) is 17.0. The summed E-state index contributed by atoms with van der Waals surface area (Å²) < 4.78 is 24.9. The Kier molecular flexibility index (Phi) is 10.2. The van der Waals surface area contributed by atoms with Crippen molar-refractivity contribution in [1.29, 1.82) is 0 Å². The van der Waals surface area contributed by atoms with Gasteiger partial charge in [-0.1, -0.05) is 109 Å². The number of hydrogen-bond acceptors (Lipinski definition) is 6. The van der Waals surface area contributed by atoms with Crippen molar-refractivity contribution in [1.82, 2.24) is 0 Å². The summed E-state index contributed by atoms with van der Waals surface area (Å²) in [4.78, 5) is 0. The number of rotatable bonds is 0. The molecule has 0 unspecified atom stereocenters. The smallest absolute Gasteiger partial charge is 0.123 e. The second-order valence-corrected chi connectivity index (χ2v) is 12.4. The Morgan fingerprint density at radius 2 is 0.500 bits per heavy atom. The fourth-order valence-electron chi connectivity index (χ4n) is 6.45. The summed E-state index contributed by atoms with van der Waals surface area (Å²) >= 11 is 0. The summed E-state index contributed by atoms with van der Waals surface area (Å²) in [7, 11) is 0. The lowest BCUT2D eigenvalue weighted by molar-refractivity contribution is 0.215. The third kappa shape index (κ3) is 7.71. The van der Waals surface area contributed by atoms with Crippen LogP contribution in [0.4, 0.5) is 0 Å². The maximum atomic E-state index is 11.4. The van der Waals surface area contributed by atoms with Crippen molar-refractivity contribution in [3.05, 3.63) is 178 Å². The first-order chi connectivity index (χ1) is 24.6. The summed E-state index contributed by atoms with van der Waals surface area (Å²) in [5.74, 6) is 3.54. The maximum Gasteiger partial charge on any atom is 0.123 e. The molecule has 6 heteroatoms. The Morgan fingerprint density at radius 1 is 0.280 bits per heavy atom. The number of fused-ring (bicyclic) bond motifs is 8. The molecule has 7 rings (SSSR count). The van der Waals surface area contributed by atoms with E-state index < -0.39 is 0 Å². The van der Waals surface area contributed by atoms with Crippen molar-refractivity contribution in [3.8, 4) is 34.5 Å². The summed E-state index contributed by atoms with van der Waals surface area (Å²) in [5, 5.41) is 22.8. The van der Waals surface area contributed by atoms with Gasteiger partial charge in [0.2, 0.25) is 0 Å². The first kappa shape index (κ1) is 32.7. The van der Waals surface area contributed by atoms with E-state index in [0.717, 1.165) is 67.5 Å². The summed E-state index contributed by atoms with van der Waals surface area (Å²) in [5.41, 5.74) is 7.19. The lowest BCUT2D eigenvalue weighted by Gasteiger charge is -2.17. The van der Waals surface area contributed by atoms with E-state index in [2.05, 4.69) is 0 Å². The van der Waals surface area contributed by atoms with Gasteiger partial charge in [0.15, 0.2) is 0 Å². The fraction of sp³-hybridized carbons (Fsp3) is 0.182. The molecule has 0 amide bonds. The Labute approximate surface area is 293 Å². The van der Waals surface area contributed by atoms with Crippen molar-refractivity contribution in [3.63, 3.8) is 0 Å². The minimum Gasteiger partial charge on any atom is -0.507 e. The van der Waals surface area contributed by atoms with Crippen LogP contribution in [-0.2, 0) is 25.7 Å². The third-order valence-corrected chi connectivity index (χ3v) is 9.02. The second-order valence-electron chi connectivity index (χ2n) is 12.4. The van der Waals surface area contributed by atoms with Crippen LogP contribution < -0.4 is 18.9 Å². The van der Waals surface area contributed by atoms with Gasteiger partial charge in [-0.15, -0.1) is 0 Å². The summed E-state index contributed by atoms with van der Waals surface area (Å²) in [6.07, 6.45) is 2.05. The van der Waals surface area contributed by atoms with Gasteiger partial charge in [-0.25, -0.2) is 0 Å². The zero-order valence-electron chi connectivity index (χ0n) is 27.9. The van der Waals surface area contributed by atoms with E-state index >= 15 is 0 Å². The molecule has 1 aliphatic rings. The van der Waals surface area contributed by atoms with Crippen LogP contribution in [0.3, 0.4) is 0 Å². The molecule has 6 nitrogen and oxygen atoms in total. The van der Waals surface area contributed by atoms with Crippen molar-refractivity contribution < 1.29 is 29.2 Å². The van der Waals surface area contributed by atoms with Crippen LogP contribution in [0.15, 0.2) is 133 Å². The molecule has 2 N–H and O–H groups in total. The van der Waals surface area contributed by atoms with Gasteiger partial charge in [-0.3, -0.25) is 0 Å².